The number of nitrogens with zero attached hydrogens (tertiary/aromatic N) is 4. The monoisotopic (exact) mass is 384 g/mol. The van der Waals surface area contributed by atoms with Crippen LogP contribution >= 0.6 is 0 Å². The second kappa shape index (κ2) is 8.33. The zero-order chi connectivity index (χ0) is 20.1. The Morgan fingerprint density at radius 1 is 1.32 bits per heavy atom. The van der Waals surface area contributed by atoms with E-state index in [1.165, 1.54) is 0 Å². The molecule has 0 aliphatic carbocycles. The van der Waals surface area contributed by atoms with Gasteiger partial charge in [-0.2, -0.15) is 0 Å². The number of nitrogens with one attached hydrogen (secondary N) is 2. The third kappa shape index (κ3) is 5.03. The number of guanidine groups is 1. The van der Waals surface area contributed by atoms with Crippen LogP contribution in [0.5, 0.6) is 0 Å². The van der Waals surface area contributed by atoms with E-state index in [1.54, 1.807) is 24.5 Å². The Hall–Kier alpha value is -3.03. The number of hydrogen-bond acceptors (Lipinski definition) is 4. The SMILES string of the molecule is CN=C(NCc1ccccc1-n1ccnc1)NC1CN(C(=O)OC(C)(C)C)C1. The first-order valence-corrected chi connectivity index (χ1v) is 9.37. The van der Waals surface area contributed by atoms with Crippen LogP contribution in [0.2, 0.25) is 0 Å². The van der Waals surface area contributed by atoms with Gasteiger partial charge in [0.2, 0.25) is 0 Å². The summed E-state index contributed by atoms with van der Waals surface area (Å²) in [6, 6.07) is 8.30. The molecule has 2 aromatic rings. The van der Waals surface area contributed by atoms with Crippen molar-refractivity contribution in [3.05, 3.63) is 48.5 Å². The highest BCUT2D eigenvalue weighted by Gasteiger charge is 2.34. The number of para-hydroxylation sites is 1. The van der Waals surface area contributed by atoms with Gasteiger partial charge in [0.15, 0.2) is 5.96 Å². The van der Waals surface area contributed by atoms with Gasteiger partial charge in [-0.3, -0.25) is 4.99 Å². The maximum Gasteiger partial charge on any atom is 0.410 e. The zero-order valence-corrected chi connectivity index (χ0v) is 16.8. The number of hydrogen-bond donors (Lipinski definition) is 2. The number of ether oxygens (including phenoxy) is 1. The molecule has 2 N–H and O–H groups in total. The lowest BCUT2D eigenvalue weighted by Gasteiger charge is -2.40. The van der Waals surface area contributed by atoms with Gasteiger partial charge in [-0.15, -0.1) is 0 Å². The molecule has 1 aliphatic rings. The predicted molar refractivity (Wildman–Crippen MR) is 108 cm³/mol. The molecule has 1 amide bonds. The smallest absolute Gasteiger partial charge is 0.410 e. The van der Waals surface area contributed by atoms with Gasteiger partial charge in [0, 0.05) is 39.1 Å². The molecule has 0 unspecified atom stereocenters. The van der Waals surface area contributed by atoms with Crippen LogP contribution in [0.1, 0.15) is 26.3 Å². The predicted octanol–water partition coefficient (Wildman–Crippen LogP) is 2.16. The first-order valence-electron chi connectivity index (χ1n) is 9.37. The first kappa shape index (κ1) is 19.7. The van der Waals surface area contributed by atoms with Gasteiger partial charge in [-0.05, 0) is 32.4 Å². The Kier molecular flexibility index (Phi) is 5.87. The Morgan fingerprint density at radius 3 is 2.71 bits per heavy atom. The molecule has 0 atom stereocenters. The lowest BCUT2D eigenvalue weighted by molar-refractivity contribution is 0.00701. The number of amides is 1. The summed E-state index contributed by atoms with van der Waals surface area (Å²) in [5, 5.41) is 6.69. The first-order chi connectivity index (χ1) is 13.4. The third-order valence-electron chi connectivity index (χ3n) is 4.32. The van der Waals surface area contributed by atoms with Crippen LogP contribution in [0.25, 0.3) is 5.69 Å². The fraction of sp³-hybridized carbons (Fsp3) is 0.450. The van der Waals surface area contributed by atoms with Crippen molar-refractivity contribution < 1.29 is 9.53 Å². The van der Waals surface area contributed by atoms with Gasteiger partial charge in [0.25, 0.3) is 0 Å². The van der Waals surface area contributed by atoms with Crippen LogP contribution in [-0.2, 0) is 11.3 Å². The minimum absolute atomic E-state index is 0.155. The molecule has 2 heterocycles. The van der Waals surface area contributed by atoms with Crippen LogP contribution in [0.3, 0.4) is 0 Å². The van der Waals surface area contributed by atoms with Crippen LogP contribution in [0.15, 0.2) is 48.0 Å². The largest absolute Gasteiger partial charge is 0.444 e. The van der Waals surface area contributed by atoms with E-state index < -0.39 is 5.60 Å². The molecule has 1 aromatic heterocycles. The highest BCUT2D eigenvalue weighted by molar-refractivity contribution is 5.80. The number of rotatable bonds is 4. The molecule has 0 bridgehead atoms. The molecule has 0 saturated carbocycles. The van der Waals surface area contributed by atoms with Crippen LogP contribution in [0.4, 0.5) is 4.79 Å². The molecule has 3 rings (SSSR count). The van der Waals surface area contributed by atoms with Gasteiger partial charge in [0.1, 0.15) is 5.60 Å². The molecule has 1 fully saturated rings. The Balaban J connectivity index is 1.50. The quantitative estimate of drug-likeness (QED) is 0.623. The number of imidazole rings is 1. The summed E-state index contributed by atoms with van der Waals surface area (Å²) in [6.07, 6.45) is 5.19. The minimum Gasteiger partial charge on any atom is -0.444 e. The molecule has 0 spiro atoms. The number of benzene rings is 1. The number of carbonyl (C=O) groups is 1. The summed E-state index contributed by atoms with van der Waals surface area (Å²) in [6.45, 7) is 7.43. The second-order valence-electron chi connectivity index (χ2n) is 7.75. The summed E-state index contributed by atoms with van der Waals surface area (Å²) < 4.78 is 7.37. The average molecular weight is 384 g/mol. The van der Waals surface area contributed by atoms with E-state index in [2.05, 4.69) is 32.7 Å². The van der Waals surface area contributed by atoms with Crippen molar-refractivity contribution in [1.29, 1.82) is 0 Å². The lowest BCUT2D eigenvalue weighted by Crippen LogP contribution is -2.63. The molecule has 1 saturated heterocycles. The fourth-order valence-corrected chi connectivity index (χ4v) is 2.93. The molecular weight excluding hydrogens is 356 g/mol. The highest BCUT2D eigenvalue weighted by atomic mass is 16.6. The van der Waals surface area contributed by atoms with Crippen molar-refractivity contribution >= 4 is 12.1 Å². The van der Waals surface area contributed by atoms with Crippen molar-refractivity contribution in [1.82, 2.24) is 25.1 Å². The van der Waals surface area contributed by atoms with E-state index in [0.717, 1.165) is 11.3 Å². The summed E-state index contributed by atoms with van der Waals surface area (Å²) in [7, 11) is 1.74. The molecule has 150 valence electrons. The number of likely N-dealkylation sites (tertiary alicyclic amines) is 1. The summed E-state index contributed by atoms with van der Waals surface area (Å²) >= 11 is 0. The normalized spacial score (nSPS) is 15.1. The average Bonchev–Trinajstić information content (AvgIpc) is 3.13. The third-order valence-corrected chi connectivity index (χ3v) is 4.32. The van der Waals surface area contributed by atoms with Crippen molar-refractivity contribution in [2.45, 2.75) is 39.0 Å². The van der Waals surface area contributed by atoms with Gasteiger partial charge in [-0.25, -0.2) is 9.78 Å². The molecule has 1 aromatic carbocycles. The molecule has 8 nitrogen and oxygen atoms in total. The van der Waals surface area contributed by atoms with E-state index in [4.69, 9.17) is 4.74 Å². The Labute approximate surface area is 165 Å². The van der Waals surface area contributed by atoms with Gasteiger partial charge in [-0.1, -0.05) is 18.2 Å². The van der Waals surface area contributed by atoms with Crippen molar-refractivity contribution in [3.8, 4) is 5.69 Å². The Bertz CT molecular complexity index is 819. The van der Waals surface area contributed by atoms with Crippen molar-refractivity contribution in [2.75, 3.05) is 20.1 Å². The molecule has 1 aliphatic heterocycles. The van der Waals surface area contributed by atoms with Crippen LogP contribution < -0.4 is 10.6 Å². The van der Waals surface area contributed by atoms with E-state index in [0.29, 0.717) is 25.6 Å². The topological polar surface area (TPSA) is 83.8 Å². The standard InChI is InChI=1S/C20H28N6O2/c1-20(2,3)28-19(27)26-12-16(13-26)24-18(21-4)23-11-15-7-5-6-8-17(15)25-10-9-22-14-25/h5-10,14,16H,11-13H2,1-4H3,(H2,21,23,24). The van der Waals surface area contributed by atoms with E-state index in [-0.39, 0.29) is 12.1 Å². The fourth-order valence-electron chi connectivity index (χ4n) is 2.93. The minimum atomic E-state index is -0.476. The van der Waals surface area contributed by atoms with Crippen molar-refractivity contribution in [3.63, 3.8) is 0 Å². The molecular formula is C20H28N6O2. The van der Waals surface area contributed by atoms with Crippen LogP contribution in [0, 0.1) is 0 Å². The van der Waals surface area contributed by atoms with E-state index in [9.17, 15) is 4.79 Å². The molecule has 0 radical (unpaired) electrons. The second-order valence-corrected chi connectivity index (χ2v) is 7.75. The summed E-state index contributed by atoms with van der Waals surface area (Å²) in [4.78, 5) is 22.1. The number of carbonyl (C=O) groups excluding carboxylic acids is 1. The lowest BCUT2D eigenvalue weighted by atomic mass is 10.1. The maximum atomic E-state index is 12.0. The number of aromatic nitrogens is 2. The van der Waals surface area contributed by atoms with Crippen LogP contribution in [-0.4, -0.2) is 58.3 Å². The maximum absolute atomic E-state index is 12.0. The van der Waals surface area contributed by atoms with Gasteiger partial charge < -0.3 is 24.8 Å². The van der Waals surface area contributed by atoms with E-state index in [1.807, 2.05) is 43.7 Å². The molecule has 28 heavy (non-hydrogen) atoms. The zero-order valence-electron chi connectivity index (χ0n) is 16.8. The van der Waals surface area contributed by atoms with Crippen molar-refractivity contribution in [2.24, 2.45) is 4.99 Å². The Morgan fingerprint density at radius 2 is 2.07 bits per heavy atom. The summed E-state index contributed by atoms with van der Waals surface area (Å²) in [5.74, 6) is 0.703. The van der Waals surface area contributed by atoms with E-state index >= 15 is 0 Å². The summed E-state index contributed by atoms with van der Waals surface area (Å²) in [5.41, 5.74) is 1.73. The molecule has 8 heteroatoms. The highest BCUT2D eigenvalue weighted by Crippen LogP contribution is 2.16. The number of aliphatic imine (C=N–C) groups is 1. The van der Waals surface area contributed by atoms with Gasteiger partial charge >= 0.3 is 6.09 Å². The van der Waals surface area contributed by atoms with Gasteiger partial charge in [0.05, 0.1) is 18.1 Å².